The molecular weight excluding hydrogens is 208 g/mol. The first-order chi connectivity index (χ1) is 7.52. The van der Waals surface area contributed by atoms with Gasteiger partial charge in [-0.3, -0.25) is 0 Å². The molecule has 4 heteroatoms. The van der Waals surface area contributed by atoms with Gasteiger partial charge in [0.05, 0.1) is 12.2 Å². The Hall–Kier alpha value is -0.160. The molecule has 16 heavy (non-hydrogen) atoms. The van der Waals surface area contributed by atoms with E-state index in [1.54, 1.807) is 0 Å². The molecule has 1 aliphatic heterocycles. The van der Waals surface area contributed by atoms with Gasteiger partial charge in [0.15, 0.2) is 6.29 Å². The van der Waals surface area contributed by atoms with Gasteiger partial charge in [0, 0.05) is 5.92 Å². The van der Waals surface area contributed by atoms with Crippen LogP contribution in [0.1, 0.15) is 40.0 Å². The lowest BCUT2D eigenvalue weighted by Crippen LogP contribution is -2.56. The van der Waals surface area contributed by atoms with Crippen LogP contribution < -0.4 is 0 Å². The molecule has 0 bridgehead atoms. The zero-order valence-corrected chi connectivity index (χ0v) is 10.3. The number of aliphatic hydroxyl groups is 3. The van der Waals surface area contributed by atoms with E-state index >= 15 is 0 Å². The highest BCUT2D eigenvalue weighted by Crippen LogP contribution is 2.33. The molecule has 0 aromatic heterocycles. The first-order valence-electron chi connectivity index (χ1n) is 6.22. The van der Waals surface area contributed by atoms with Crippen molar-refractivity contribution in [3.05, 3.63) is 0 Å². The summed E-state index contributed by atoms with van der Waals surface area (Å²) < 4.78 is 5.39. The molecule has 0 amide bonds. The second-order valence-electron chi connectivity index (χ2n) is 4.80. The second-order valence-corrected chi connectivity index (χ2v) is 4.80. The van der Waals surface area contributed by atoms with Crippen molar-refractivity contribution in [3.63, 3.8) is 0 Å². The summed E-state index contributed by atoms with van der Waals surface area (Å²) in [7, 11) is 0. The van der Waals surface area contributed by atoms with E-state index in [0.717, 1.165) is 12.8 Å². The van der Waals surface area contributed by atoms with Crippen molar-refractivity contribution < 1.29 is 20.1 Å². The predicted molar refractivity (Wildman–Crippen MR) is 60.7 cm³/mol. The molecule has 0 radical (unpaired) electrons. The monoisotopic (exact) mass is 232 g/mol. The van der Waals surface area contributed by atoms with Crippen molar-refractivity contribution in [3.8, 4) is 0 Å². The molecule has 0 aliphatic carbocycles. The van der Waals surface area contributed by atoms with Crippen molar-refractivity contribution in [2.24, 2.45) is 11.8 Å². The highest BCUT2D eigenvalue weighted by Gasteiger charge is 2.44. The molecule has 1 rings (SSSR count). The Morgan fingerprint density at radius 2 is 1.75 bits per heavy atom. The van der Waals surface area contributed by atoms with E-state index in [1.165, 1.54) is 0 Å². The molecule has 0 saturated carbocycles. The molecule has 6 atom stereocenters. The lowest BCUT2D eigenvalue weighted by atomic mass is 9.80. The maximum atomic E-state index is 10.0. The second kappa shape index (κ2) is 5.96. The Kier molecular flexibility index (Phi) is 5.18. The van der Waals surface area contributed by atoms with Crippen LogP contribution in [0.3, 0.4) is 0 Å². The molecule has 0 aromatic rings. The predicted octanol–water partition coefficient (Wildman–Crippen LogP) is 0.888. The third-order valence-electron chi connectivity index (χ3n) is 3.64. The molecule has 1 aliphatic rings. The van der Waals surface area contributed by atoms with Crippen LogP contribution in [0, 0.1) is 11.8 Å². The summed E-state index contributed by atoms with van der Waals surface area (Å²) in [6.45, 7) is 5.93. The minimum absolute atomic E-state index is 0.127. The summed E-state index contributed by atoms with van der Waals surface area (Å²) >= 11 is 0. The molecule has 1 fully saturated rings. The Balaban J connectivity index is 2.71. The fourth-order valence-corrected chi connectivity index (χ4v) is 2.38. The Morgan fingerprint density at radius 1 is 1.12 bits per heavy atom. The fourth-order valence-electron chi connectivity index (χ4n) is 2.38. The van der Waals surface area contributed by atoms with Crippen LogP contribution >= 0.6 is 0 Å². The van der Waals surface area contributed by atoms with Crippen LogP contribution in [0.25, 0.3) is 0 Å². The Bertz CT molecular complexity index is 209. The molecule has 96 valence electrons. The summed E-state index contributed by atoms with van der Waals surface area (Å²) in [6.07, 6.45) is -0.844. The fraction of sp³-hybridized carbons (Fsp3) is 1.00. The molecule has 6 unspecified atom stereocenters. The first kappa shape index (κ1) is 13.9. The maximum absolute atomic E-state index is 10.0. The van der Waals surface area contributed by atoms with E-state index in [1.807, 2.05) is 20.8 Å². The van der Waals surface area contributed by atoms with Gasteiger partial charge in [0.25, 0.3) is 0 Å². The van der Waals surface area contributed by atoms with Gasteiger partial charge in [-0.15, -0.1) is 0 Å². The van der Waals surface area contributed by atoms with Gasteiger partial charge in [-0.1, -0.05) is 33.6 Å². The third-order valence-corrected chi connectivity index (χ3v) is 3.64. The van der Waals surface area contributed by atoms with Gasteiger partial charge < -0.3 is 20.1 Å². The number of hydrogen-bond donors (Lipinski definition) is 3. The van der Waals surface area contributed by atoms with Gasteiger partial charge in [0.2, 0.25) is 0 Å². The van der Waals surface area contributed by atoms with E-state index in [4.69, 9.17) is 4.74 Å². The van der Waals surface area contributed by atoms with Gasteiger partial charge in [-0.2, -0.15) is 0 Å². The van der Waals surface area contributed by atoms with Crippen molar-refractivity contribution in [2.45, 2.75) is 64.6 Å². The lowest BCUT2D eigenvalue weighted by Gasteiger charge is -2.43. The van der Waals surface area contributed by atoms with E-state index < -0.39 is 30.5 Å². The third kappa shape index (κ3) is 2.74. The summed E-state index contributed by atoms with van der Waals surface area (Å²) in [5, 5.41) is 29.8. The Labute approximate surface area is 97.2 Å². The average molecular weight is 232 g/mol. The minimum atomic E-state index is -0.968. The van der Waals surface area contributed by atoms with Gasteiger partial charge in [0.1, 0.15) is 6.10 Å². The van der Waals surface area contributed by atoms with Crippen molar-refractivity contribution in [1.29, 1.82) is 0 Å². The number of hydrogen-bond acceptors (Lipinski definition) is 4. The molecule has 1 heterocycles. The van der Waals surface area contributed by atoms with Crippen LogP contribution in [-0.2, 0) is 4.74 Å². The molecule has 3 N–H and O–H groups in total. The van der Waals surface area contributed by atoms with Gasteiger partial charge in [-0.25, -0.2) is 0 Å². The molecule has 0 spiro atoms. The summed E-state index contributed by atoms with van der Waals surface area (Å²) in [5.41, 5.74) is 0. The zero-order chi connectivity index (χ0) is 12.3. The smallest absolute Gasteiger partial charge is 0.160 e. The highest BCUT2D eigenvalue weighted by atomic mass is 16.6. The molecular formula is C12H24O4. The number of rotatable bonds is 4. The van der Waals surface area contributed by atoms with Crippen LogP contribution in [0.4, 0.5) is 0 Å². The largest absolute Gasteiger partial charge is 0.390 e. The number of ether oxygens (including phenoxy) is 1. The van der Waals surface area contributed by atoms with E-state index in [-0.39, 0.29) is 5.92 Å². The molecule has 4 nitrogen and oxygen atoms in total. The van der Waals surface area contributed by atoms with Crippen molar-refractivity contribution in [2.75, 3.05) is 0 Å². The average Bonchev–Trinajstić information content (AvgIpc) is 2.25. The lowest BCUT2D eigenvalue weighted by molar-refractivity contribution is -0.274. The van der Waals surface area contributed by atoms with E-state index in [2.05, 4.69) is 0 Å². The normalized spacial score (nSPS) is 42.0. The van der Waals surface area contributed by atoms with Crippen molar-refractivity contribution in [1.82, 2.24) is 0 Å². The highest BCUT2D eigenvalue weighted by molar-refractivity contribution is 4.90. The zero-order valence-electron chi connectivity index (χ0n) is 10.3. The summed E-state index contributed by atoms with van der Waals surface area (Å²) in [4.78, 5) is 0. The van der Waals surface area contributed by atoms with Crippen LogP contribution in [-0.4, -0.2) is 39.9 Å². The summed E-state index contributed by atoms with van der Waals surface area (Å²) in [5.74, 6) is -0.268. The summed E-state index contributed by atoms with van der Waals surface area (Å²) in [6, 6.07) is 0. The van der Waals surface area contributed by atoms with Crippen LogP contribution in [0.15, 0.2) is 0 Å². The van der Waals surface area contributed by atoms with Crippen molar-refractivity contribution >= 4 is 0 Å². The van der Waals surface area contributed by atoms with Crippen LogP contribution in [0.2, 0.25) is 0 Å². The maximum Gasteiger partial charge on any atom is 0.160 e. The first-order valence-corrected chi connectivity index (χ1v) is 6.22. The standard InChI is InChI=1S/C12H24O4/c1-4-6-8-10(13)11(14)9(7(3)5-2)12(15)16-8/h7-15H,4-6H2,1-3H3. The van der Waals surface area contributed by atoms with E-state index in [0.29, 0.717) is 6.42 Å². The number of aliphatic hydroxyl groups excluding tert-OH is 3. The molecule has 1 saturated heterocycles. The van der Waals surface area contributed by atoms with Gasteiger partial charge in [-0.05, 0) is 12.3 Å². The minimum Gasteiger partial charge on any atom is -0.390 e. The SMILES string of the molecule is CCCC1OC(O)C(C(C)CC)C(O)C1O. The quantitative estimate of drug-likeness (QED) is 0.673. The van der Waals surface area contributed by atoms with Gasteiger partial charge >= 0.3 is 0 Å². The molecule has 0 aromatic carbocycles. The van der Waals surface area contributed by atoms with E-state index in [9.17, 15) is 15.3 Å². The van der Waals surface area contributed by atoms with Crippen LogP contribution in [0.5, 0.6) is 0 Å². The Morgan fingerprint density at radius 3 is 2.25 bits per heavy atom. The topological polar surface area (TPSA) is 69.9 Å².